The molecule has 1 aromatic heterocycles. The lowest BCUT2D eigenvalue weighted by Gasteiger charge is -2.24. The molecule has 1 atom stereocenters. The first kappa shape index (κ1) is 14.0. The van der Waals surface area contributed by atoms with Gasteiger partial charge < -0.3 is 19.3 Å². The van der Waals surface area contributed by atoms with E-state index in [0.717, 1.165) is 38.4 Å². The number of aromatic nitrogens is 2. The van der Waals surface area contributed by atoms with E-state index in [-0.39, 0.29) is 11.7 Å². The molecule has 3 rings (SSSR count). The van der Waals surface area contributed by atoms with Crippen LogP contribution in [0.3, 0.4) is 0 Å². The lowest BCUT2D eigenvalue weighted by Crippen LogP contribution is -2.39. The highest BCUT2D eigenvalue weighted by atomic mass is 16.5. The third-order valence-corrected chi connectivity index (χ3v) is 4.11. The van der Waals surface area contributed by atoms with Gasteiger partial charge in [-0.15, -0.1) is 0 Å². The molecular weight excluding hydrogens is 258 g/mol. The van der Waals surface area contributed by atoms with Crippen molar-refractivity contribution in [2.24, 2.45) is 0 Å². The van der Waals surface area contributed by atoms with Gasteiger partial charge in [-0.05, 0) is 32.6 Å². The van der Waals surface area contributed by atoms with Crippen LogP contribution in [-0.4, -0.2) is 42.5 Å². The summed E-state index contributed by atoms with van der Waals surface area (Å²) >= 11 is 0. The minimum absolute atomic E-state index is 0.128. The summed E-state index contributed by atoms with van der Waals surface area (Å²) in [6, 6.07) is 0. The standard InChI is InChI=1S/C14H23N3O3/c1-2-19-14(5-3-4-6-14)13-16-12(20-17-13)9-11-10-15-7-8-18-11/h11,15H,2-10H2,1H3. The van der Waals surface area contributed by atoms with E-state index in [2.05, 4.69) is 15.5 Å². The summed E-state index contributed by atoms with van der Waals surface area (Å²) < 4.78 is 17.0. The summed E-state index contributed by atoms with van der Waals surface area (Å²) in [5.41, 5.74) is -0.317. The van der Waals surface area contributed by atoms with Gasteiger partial charge >= 0.3 is 0 Å². The summed E-state index contributed by atoms with van der Waals surface area (Å²) in [6.07, 6.45) is 5.10. The zero-order chi connectivity index (χ0) is 13.8. The van der Waals surface area contributed by atoms with Gasteiger partial charge in [0, 0.05) is 19.7 Å². The molecule has 1 N–H and O–H groups in total. The van der Waals surface area contributed by atoms with E-state index in [1.54, 1.807) is 0 Å². The minimum Gasteiger partial charge on any atom is -0.375 e. The fraction of sp³-hybridized carbons (Fsp3) is 0.857. The normalized spacial score (nSPS) is 25.9. The Morgan fingerprint density at radius 3 is 2.95 bits per heavy atom. The zero-order valence-corrected chi connectivity index (χ0v) is 12.1. The topological polar surface area (TPSA) is 69.4 Å². The quantitative estimate of drug-likeness (QED) is 0.880. The molecule has 6 nitrogen and oxygen atoms in total. The average molecular weight is 281 g/mol. The molecule has 6 heteroatoms. The first-order valence-electron chi connectivity index (χ1n) is 7.62. The summed E-state index contributed by atoms with van der Waals surface area (Å²) in [5, 5.41) is 7.47. The number of nitrogens with zero attached hydrogens (tertiary/aromatic N) is 2. The van der Waals surface area contributed by atoms with Gasteiger partial charge in [0.2, 0.25) is 11.7 Å². The van der Waals surface area contributed by atoms with Crippen LogP contribution in [0.4, 0.5) is 0 Å². The number of ether oxygens (including phenoxy) is 2. The molecular formula is C14H23N3O3. The molecule has 2 aliphatic rings. The van der Waals surface area contributed by atoms with E-state index in [1.165, 1.54) is 12.8 Å². The van der Waals surface area contributed by atoms with Crippen LogP contribution in [0.15, 0.2) is 4.52 Å². The van der Waals surface area contributed by atoms with Crippen molar-refractivity contribution in [2.45, 2.75) is 50.7 Å². The maximum Gasteiger partial charge on any atom is 0.229 e. The second-order valence-electron chi connectivity index (χ2n) is 5.55. The van der Waals surface area contributed by atoms with E-state index < -0.39 is 0 Å². The molecule has 1 aliphatic carbocycles. The Balaban J connectivity index is 1.68. The Bertz CT molecular complexity index is 423. The molecule has 1 unspecified atom stereocenters. The van der Waals surface area contributed by atoms with E-state index in [1.807, 2.05) is 6.92 Å². The largest absolute Gasteiger partial charge is 0.375 e. The van der Waals surface area contributed by atoms with E-state index in [0.29, 0.717) is 18.9 Å². The molecule has 112 valence electrons. The number of hydrogen-bond donors (Lipinski definition) is 1. The van der Waals surface area contributed by atoms with Gasteiger partial charge in [0.15, 0.2) is 0 Å². The van der Waals surface area contributed by atoms with E-state index in [4.69, 9.17) is 14.0 Å². The van der Waals surface area contributed by atoms with Crippen molar-refractivity contribution in [3.05, 3.63) is 11.7 Å². The van der Waals surface area contributed by atoms with Crippen molar-refractivity contribution < 1.29 is 14.0 Å². The molecule has 0 amide bonds. The van der Waals surface area contributed by atoms with Crippen molar-refractivity contribution >= 4 is 0 Å². The van der Waals surface area contributed by atoms with Gasteiger partial charge in [0.05, 0.1) is 19.1 Å². The number of nitrogens with one attached hydrogen (secondary N) is 1. The lowest BCUT2D eigenvalue weighted by atomic mass is 10.0. The van der Waals surface area contributed by atoms with Crippen molar-refractivity contribution in [1.29, 1.82) is 0 Å². The van der Waals surface area contributed by atoms with Gasteiger partial charge in [-0.2, -0.15) is 4.98 Å². The first-order chi connectivity index (χ1) is 9.82. The van der Waals surface area contributed by atoms with Crippen LogP contribution < -0.4 is 5.32 Å². The van der Waals surface area contributed by atoms with Gasteiger partial charge in [0.25, 0.3) is 0 Å². The second-order valence-corrected chi connectivity index (χ2v) is 5.55. The predicted octanol–water partition coefficient (Wildman–Crippen LogP) is 1.41. The first-order valence-corrected chi connectivity index (χ1v) is 7.62. The van der Waals surface area contributed by atoms with Gasteiger partial charge in [-0.25, -0.2) is 0 Å². The molecule has 0 aromatic carbocycles. The van der Waals surface area contributed by atoms with Gasteiger partial charge in [0.1, 0.15) is 5.60 Å². The molecule has 0 bridgehead atoms. The molecule has 1 saturated heterocycles. The van der Waals surface area contributed by atoms with Gasteiger partial charge in [-0.3, -0.25) is 0 Å². The maximum atomic E-state index is 5.95. The van der Waals surface area contributed by atoms with Crippen LogP contribution >= 0.6 is 0 Å². The summed E-state index contributed by atoms with van der Waals surface area (Å²) in [7, 11) is 0. The Morgan fingerprint density at radius 1 is 1.40 bits per heavy atom. The Labute approximate surface area is 119 Å². The van der Waals surface area contributed by atoms with Crippen molar-refractivity contribution in [1.82, 2.24) is 15.5 Å². The molecule has 2 fully saturated rings. The Hall–Kier alpha value is -0.980. The molecule has 20 heavy (non-hydrogen) atoms. The van der Waals surface area contributed by atoms with Crippen LogP contribution in [0.5, 0.6) is 0 Å². The maximum absolute atomic E-state index is 5.95. The third kappa shape index (κ3) is 2.87. The van der Waals surface area contributed by atoms with Crippen LogP contribution in [0.1, 0.15) is 44.3 Å². The zero-order valence-electron chi connectivity index (χ0n) is 12.1. The molecule has 2 heterocycles. The Kier molecular flexibility index (Phi) is 4.33. The predicted molar refractivity (Wildman–Crippen MR) is 72.4 cm³/mol. The van der Waals surface area contributed by atoms with Gasteiger partial charge in [-0.1, -0.05) is 5.16 Å². The smallest absolute Gasteiger partial charge is 0.229 e. The second kappa shape index (κ2) is 6.20. The Morgan fingerprint density at radius 2 is 2.25 bits per heavy atom. The fourth-order valence-electron chi connectivity index (χ4n) is 3.12. The highest BCUT2D eigenvalue weighted by molar-refractivity contribution is 5.05. The summed E-state index contributed by atoms with van der Waals surface area (Å²) in [5.74, 6) is 1.37. The van der Waals surface area contributed by atoms with Crippen molar-refractivity contribution in [3.63, 3.8) is 0 Å². The average Bonchev–Trinajstić information content (AvgIpc) is 3.10. The number of rotatable bonds is 5. The third-order valence-electron chi connectivity index (χ3n) is 4.11. The summed E-state index contributed by atoms with van der Waals surface area (Å²) in [6.45, 7) is 5.20. The van der Waals surface area contributed by atoms with Crippen LogP contribution in [-0.2, 0) is 21.5 Å². The minimum atomic E-state index is -0.317. The highest BCUT2D eigenvalue weighted by Gasteiger charge is 2.41. The van der Waals surface area contributed by atoms with Crippen LogP contribution in [0, 0.1) is 0 Å². The number of hydrogen-bond acceptors (Lipinski definition) is 6. The monoisotopic (exact) mass is 281 g/mol. The molecule has 1 saturated carbocycles. The molecule has 0 radical (unpaired) electrons. The van der Waals surface area contributed by atoms with Crippen molar-refractivity contribution in [3.8, 4) is 0 Å². The molecule has 1 aromatic rings. The lowest BCUT2D eigenvalue weighted by molar-refractivity contribution is -0.0469. The highest BCUT2D eigenvalue weighted by Crippen LogP contribution is 2.40. The summed E-state index contributed by atoms with van der Waals surface area (Å²) in [4.78, 5) is 4.57. The van der Waals surface area contributed by atoms with E-state index >= 15 is 0 Å². The van der Waals surface area contributed by atoms with Crippen LogP contribution in [0.25, 0.3) is 0 Å². The molecule has 0 spiro atoms. The van der Waals surface area contributed by atoms with Crippen LogP contribution in [0.2, 0.25) is 0 Å². The van der Waals surface area contributed by atoms with E-state index in [9.17, 15) is 0 Å². The molecule has 1 aliphatic heterocycles. The number of morpholine rings is 1. The van der Waals surface area contributed by atoms with Crippen molar-refractivity contribution in [2.75, 3.05) is 26.3 Å². The fourth-order valence-corrected chi connectivity index (χ4v) is 3.12. The SMILES string of the molecule is CCOC1(c2noc(CC3CNCCO3)n2)CCCC1.